The topological polar surface area (TPSA) is 108 Å². The van der Waals surface area contributed by atoms with Gasteiger partial charge in [-0.25, -0.2) is 0 Å². The number of hydrogen-bond acceptors (Lipinski definition) is 9. The number of anilines is 1. The van der Waals surface area contributed by atoms with Crippen LogP contribution in [0.4, 0.5) is 5.95 Å². The molecule has 0 fully saturated rings. The highest BCUT2D eigenvalue weighted by atomic mass is 16.5. The Balaban J connectivity index is 2.08. The Hall–Kier alpha value is -2.45. The van der Waals surface area contributed by atoms with Crippen molar-refractivity contribution in [3.05, 3.63) is 11.8 Å². The molecule has 18 heavy (non-hydrogen) atoms. The molecule has 0 saturated heterocycles. The quantitative estimate of drug-likeness (QED) is 0.797. The number of nitrogens with one attached hydrogen (secondary N) is 1. The molecule has 2 aromatic heterocycles. The van der Waals surface area contributed by atoms with Crippen LogP contribution >= 0.6 is 0 Å². The van der Waals surface area contributed by atoms with E-state index in [4.69, 9.17) is 13.9 Å². The van der Waals surface area contributed by atoms with Crippen LogP contribution < -0.4 is 14.8 Å². The normalized spacial score (nSPS) is 10.2. The first-order chi connectivity index (χ1) is 8.71. The van der Waals surface area contributed by atoms with E-state index in [-0.39, 0.29) is 12.0 Å². The van der Waals surface area contributed by atoms with E-state index in [9.17, 15) is 0 Å². The van der Waals surface area contributed by atoms with Crippen LogP contribution in [0.15, 0.2) is 4.42 Å². The number of aryl methyl sites for hydroxylation is 1. The summed E-state index contributed by atoms with van der Waals surface area (Å²) in [6, 6.07) is 0.317. The lowest BCUT2D eigenvalue weighted by Gasteiger charge is -2.05. The Labute approximate surface area is 103 Å². The lowest BCUT2D eigenvalue weighted by atomic mass is 10.6. The smallest absolute Gasteiger partial charge is 0.324 e. The monoisotopic (exact) mass is 252 g/mol. The summed E-state index contributed by atoms with van der Waals surface area (Å²) in [5.74, 6) is 1.23. The van der Waals surface area contributed by atoms with Crippen molar-refractivity contribution in [2.75, 3.05) is 19.5 Å². The van der Waals surface area contributed by atoms with Gasteiger partial charge in [0.15, 0.2) is 0 Å². The number of aromatic nitrogens is 5. The van der Waals surface area contributed by atoms with Gasteiger partial charge in [0.25, 0.3) is 0 Å². The first kappa shape index (κ1) is 12.0. The summed E-state index contributed by atoms with van der Waals surface area (Å²) >= 11 is 0. The maximum Gasteiger partial charge on any atom is 0.324 e. The van der Waals surface area contributed by atoms with Gasteiger partial charge in [-0.15, -0.1) is 15.2 Å². The van der Waals surface area contributed by atoms with Crippen molar-refractivity contribution in [2.24, 2.45) is 0 Å². The summed E-state index contributed by atoms with van der Waals surface area (Å²) in [5, 5.41) is 10.4. The Bertz CT molecular complexity index is 507. The molecule has 0 unspecified atom stereocenters. The average molecular weight is 252 g/mol. The van der Waals surface area contributed by atoms with Crippen LogP contribution in [0.3, 0.4) is 0 Å². The Morgan fingerprint density at radius 2 is 1.72 bits per heavy atom. The van der Waals surface area contributed by atoms with E-state index in [1.807, 2.05) is 0 Å². The molecule has 0 aliphatic carbocycles. The number of methoxy groups -OCH3 is 2. The van der Waals surface area contributed by atoms with Crippen LogP contribution in [0.1, 0.15) is 11.8 Å². The van der Waals surface area contributed by atoms with E-state index in [2.05, 4.69) is 30.5 Å². The highest BCUT2D eigenvalue weighted by molar-refractivity contribution is 5.27. The van der Waals surface area contributed by atoms with Gasteiger partial charge < -0.3 is 19.2 Å². The predicted molar refractivity (Wildman–Crippen MR) is 59.3 cm³/mol. The van der Waals surface area contributed by atoms with Crippen LogP contribution in [-0.4, -0.2) is 39.4 Å². The minimum Gasteiger partial charge on any atom is -0.467 e. The van der Waals surface area contributed by atoms with E-state index < -0.39 is 0 Å². The molecule has 2 heterocycles. The SMILES string of the molecule is COc1nc(NCc2nnc(C)o2)nc(OC)n1. The largest absolute Gasteiger partial charge is 0.467 e. The highest BCUT2D eigenvalue weighted by Gasteiger charge is 2.08. The summed E-state index contributed by atoms with van der Waals surface area (Å²) in [7, 11) is 2.92. The fourth-order valence-electron chi connectivity index (χ4n) is 1.16. The van der Waals surface area contributed by atoms with Crippen molar-refractivity contribution >= 4 is 5.95 Å². The maximum atomic E-state index is 5.20. The van der Waals surface area contributed by atoms with Gasteiger partial charge in [0.1, 0.15) is 0 Å². The molecular formula is C9H12N6O3. The van der Waals surface area contributed by atoms with Gasteiger partial charge in [0.05, 0.1) is 20.8 Å². The Morgan fingerprint density at radius 1 is 1.06 bits per heavy atom. The van der Waals surface area contributed by atoms with Gasteiger partial charge >= 0.3 is 12.0 Å². The third-order valence-electron chi connectivity index (χ3n) is 1.93. The predicted octanol–water partition coefficient (Wildman–Crippen LogP) is 0.192. The number of hydrogen-bond donors (Lipinski definition) is 1. The molecule has 1 N–H and O–H groups in total. The summed E-state index contributed by atoms with van der Waals surface area (Å²) < 4.78 is 15.0. The summed E-state index contributed by atoms with van der Waals surface area (Å²) in [5.41, 5.74) is 0. The molecule has 9 nitrogen and oxygen atoms in total. The van der Waals surface area contributed by atoms with Gasteiger partial charge in [-0.2, -0.15) is 9.97 Å². The van der Waals surface area contributed by atoms with Gasteiger partial charge in [-0.1, -0.05) is 0 Å². The van der Waals surface area contributed by atoms with Crippen molar-refractivity contribution in [1.82, 2.24) is 25.1 Å². The Kier molecular flexibility index (Phi) is 3.51. The van der Waals surface area contributed by atoms with Crippen LogP contribution in [0.25, 0.3) is 0 Å². The maximum absolute atomic E-state index is 5.20. The van der Waals surface area contributed by atoms with Crippen molar-refractivity contribution in [3.8, 4) is 12.0 Å². The molecule has 0 atom stereocenters. The fourth-order valence-corrected chi connectivity index (χ4v) is 1.16. The number of ether oxygens (including phenoxy) is 2. The minimum absolute atomic E-state index is 0.158. The zero-order chi connectivity index (χ0) is 13.0. The molecule has 96 valence electrons. The molecule has 0 saturated carbocycles. The molecule has 0 amide bonds. The Morgan fingerprint density at radius 3 is 2.22 bits per heavy atom. The molecule has 2 aromatic rings. The molecule has 0 bridgehead atoms. The lowest BCUT2D eigenvalue weighted by Crippen LogP contribution is -2.07. The molecule has 0 spiro atoms. The average Bonchev–Trinajstić information content (AvgIpc) is 2.81. The van der Waals surface area contributed by atoms with Crippen molar-refractivity contribution in [2.45, 2.75) is 13.5 Å². The summed E-state index contributed by atoms with van der Waals surface area (Å²) in [4.78, 5) is 11.9. The number of nitrogens with zero attached hydrogens (tertiary/aromatic N) is 5. The second-order valence-electron chi connectivity index (χ2n) is 3.20. The minimum atomic E-state index is 0.158. The van der Waals surface area contributed by atoms with Crippen LogP contribution in [0.5, 0.6) is 12.0 Å². The molecular weight excluding hydrogens is 240 g/mol. The number of rotatable bonds is 5. The van der Waals surface area contributed by atoms with Crippen molar-refractivity contribution in [1.29, 1.82) is 0 Å². The molecule has 0 aliphatic heterocycles. The van der Waals surface area contributed by atoms with Gasteiger partial charge in [-0.05, 0) is 0 Å². The van der Waals surface area contributed by atoms with Crippen molar-refractivity contribution in [3.63, 3.8) is 0 Å². The molecule has 0 aromatic carbocycles. The van der Waals surface area contributed by atoms with Crippen LogP contribution in [0, 0.1) is 6.92 Å². The fraction of sp³-hybridized carbons (Fsp3) is 0.444. The van der Waals surface area contributed by atoms with Gasteiger partial charge in [-0.3, -0.25) is 0 Å². The third-order valence-corrected chi connectivity index (χ3v) is 1.93. The van der Waals surface area contributed by atoms with Gasteiger partial charge in [0.2, 0.25) is 17.7 Å². The summed E-state index contributed by atoms with van der Waals surface area (Å²) in [6.45, 7) is 2.02. The van der Waals surface area contributed by atoms with Crippen LogP contribution in [0.2, 0.25) is 0 Å². The van der Waals surface area contributed by atoms with E-state index >= 15 is 0 Å². The summed E-state index contributed by atoms with van der Waals surface area (Å²) in [6.07, 6.45) is 0. The second kappa shape index (κ2) is 5.25. The standard InChI is InChI=1S/C9H12N6O3/c1-5-14-15-6(18-5)4-10-7-11-8(16-2)13-9(12-7)17-3/h4H2,1-3H3,(H,10,11,12,13). The lowest BCUT2D eigenvalue weighted by molar-refractivity contribution is 0.341. The second-order valence-corrected chi connectivity index (χ2v) is 3.20. The van der Waals surface area contributed by atoms with Gasteiger partial charge in [0, 0.05) is 6.92 Å². The van der Waals surface area contributed by atoms with E-state index in [1.54, 1.807) is 6.92 Å². The molecule has 2 rings (SSSR count). The first-order valence-corrected chi connectivity index (χ1v) is 5.08. The van der Waals surface area contributed by atoms with Crippen LogP contribution in [-0.2, 0) is 6.54 Å². The molecule has 0 aliphatic rings. The zero-order valence-electron chi connectivity index (χ0n) is 10.2. The highest BCUT2D eigenvalue weighted by Crippen LogP contribution is 2.12. The van der Waals surface area contributed by atoms with Crippen molar-refractivity contribution < 1.29 is 13.9 Å². The van der Waals surface area contributed by atoms with E-state index in [0.717, 1.165) is 0 Å². The zero-order valence-corrected chi connectivity index (χ0v) is 10.2. The third kappa shape index (κ3) is 2.81. The molecule has 0 radical (unpaired) electrons. The first-order valence-electron chi connectivity index (χ1n) is 5.08. The molecule has 9 heteroatoms. The van der Waals surface area contributed by atoms with E-state index in [1.165, 1.54) is 14.2 Å². The van der Waals surface area contributed by atoms with E-state index in [0.29, 0.717) is 24.3 Å².